The lowest BCUT2D eigenvalue weighted by atomic mass is 10.2. The van der Waals surface area contributed by atoms with Crippen molar-refractivity contribution in [3.63, 3.8) is 0 Å². The average molecular weight is 380 g/mol. The van der Waals surface area contributed by atoms with Gasteiger partial charge in [-0.1, -0.05) is 12.1 Å². The van der Waals surface area contributed by atoms with Gasteiger partial charge in [-0.3, -0.25) is 9.59 Å². The van der Waals surface area contributed by atoms with E-state index in [2.05, 4.69) is 20.7 Å². The Balaban J connectivity index is 1.62. The molecule has 0 saturated heterocycles. The molecule has 0 unspecified atom stereocenters. The maximum absolute atomic E-state index is 12.2. The maximum Gasteiger partial charge on any atom is 0.253 e. The van der Waals surface area contributed by atoms with Crippen molar-refractivity contribution in [3.8, 4) is 17.1 Å². The van der Waals surface area contributed by atoms with Crippen LogP contribution in [-0.2, 0) is 11.3 Å². The van der Waals surface area contributed by atoms with Crippen molar-refractivity contribution in [2.75, 3.05) is 26.5 Å². The summed E-state index contributed by atoms with van der Waals surface area (Å²) in [5, 5.41) is 14.8. The number of benzene rings is 2. The fourth-order valence-electron chi connectivity index (χ4n) is 2.47. The number of tetrazole rings is 1. The van der Waals surface area contributed by atoms with Crippen LogP contribution in [0, 0.1) is 0 Å². The molecule has 3 rings (SSSR count). The van der Waals surface area contributed by atoms with Crippen LogP contribution >= 0.6 is 0 Å². The molecule has 0 aliphatic rings. The van der Waals surface area contributed by atoms with Crippen molar-refractivity contribution in [1.29, 1.82) is 0 Å². The summed E-state index contributed by atoms with van der Waals surface area (Å²) in [6.45, 7) is -0.0879. The highest BCUT2D eigenvalue weighted by Gasteiger charge is 2.11. The van der Waals surface area contributed by atoms with Gasteiger partial charge in [0.1, 0.15) is 12.3 Å². The number of amides is 2. The number of anilines is 1. The monoisotopic (exact) mass is 380 g/mol. The van der Waals surface area contributed by atoms with Crippen molar-refractivity contribution < 1.29 is 14.3 Å². The first-order valence-electron chi connectivity index (χ1n) is 8.50. The Hall–Kier alpha value is -3.75. The summed E-state index contributed by atoms with van der Waals surface area (Å²) >= 11 is 0. The Bertz CT molecular complexity index is 981. The molecule has 28 heavy (non-hydrogen) atoms. The largest absolute Gasteiger partial charge is 0.497 e. The molecule has 0 bridgehead atoms. The van der Waals surface area contributed by atoms with Gasteiger partial charge in [0.05, 0.1) is 7.11 Å². The van der Waals surface area contributed by atoms with Crippen molar-refractivity contribution >= 4 is 17.5 Å². The maximum atomic E-state index is 12.2. The normalized spacial score (nSPS) is 10.4. The van der Waals surface area contributed by atoms with E-state index in [1.54, 1.807) is 51.5 Å². The molecule has 0 aliphatic carbocycles. The first-order chi connectivity index (χ1) is 13.5. The standard InChI is InChI=1S/C19H20N6O3/c1-24(2)19(27)13-7-9-15(10-8-13)20-17(26)12-25-22-18(21-23-25)14-5-4-6-16(11-14)28-3/h4-11H,12H2,1-3H3,(H,20,26). The van der Waals surface area contributed by atoms with Gasteiger partial charge in [0.2, 0.25) is 11.7 Å². The lowest BCUT2D eigenvalue weighted by molar-refractivity contribution is -0.117. The number of aromatic nitrogens is 4. The second-order valence-electron chi connectivity index (χ2n) is 6.20. The summed E-state index contributed by atoms with van der Waals surface area (Å²) in [4.78, 5) is 26.8. The Kier molecular flexibility index (Phi) is 5.64. The molecule has 9 heteroatoms. The van der Waals surface area contributed by atoms with Gasteiger partial charge in [-0.15, -0.1) is 10.2 Å². The number of carbonyl (C=O) groups is 2. The van der Waals surface area contributed by atoms with Crippen LogP contribution in [0.15, 0.2) is 48.5 Å². The molecule has 2 aromatic carbocycles. The van der Waals surface area contributed by atoms with E-state index in [4.69, 9.17) is 4.74 Å². The smallest absolute Gasteiger partial charge is 0.253 e. The van der Waals surface area contributed by atoms with Crippen LogP contribution < -0.4 is 10.1 Å². The molecule has 0 saturated carbocycles. The quantitative estimate of drug-likeness (QED) is 0.698. The SMILES string of the molecule is COc1cccc(-c2nnn(CC(=O)Nc3ccc(C(=O)N(C)C)cc3)n2)c1. The van der Waals surface area contributed by atoms with Crippen molar-refractivity contribution in [2.24, 2.45) is 0 Å². The minimum Gasteiger partial charge on any atom is -0.497 e. The second-order valence-corrected chi connectivity index (χ2v) is 6.20. The van der Waals surface area contributed by atoms with Crippen LogP contribution in [0.2, 0.25) is 0 Å². The molecule has 0 atom stereocenters. The van der Waals surface area contributed by atoms with Crippen LogP contribution in [0.1, 0.15) is 10.4 Å². The van der Waals surface area contributed by atoms with Crippen LogP contribution in [-0.4, -0.2) is 58.1 Å². The number of nitrogens with one attached hydrogen (secondary N) is 1. The minimum atomic E-state index is -0.304. The van der Waals surface area contributed by atoms with Gasteiger partial charge in [0.25, 0.3) is 5.91 Å². The van der Waals surface area contributed by atoms with E-state index in [9.17, 15) is 9.59 Å². The summed E-state index contributed by atoms with van der Waals surface area (Å²) < 4.78 is 5.18. The molecule has 0 fully saturated rings. The van der Waals surface area contributed by atoms with Crippen molar-refractivity contribution in [3.05, 3.63) is 54.1 Å². The molecular weight excluding hydrogens is 360 g/mol. The Labute approximate surface area is 161 Å². The lowest BCUT2D eigenvalue weighted by Crippen LogP contribution is -2.22. The molecule has 9 nitrogen and oxygen atoms in total. The van der Waals surface area contributed by atoms with Gasteiger partial charge in [0, 0.05) is 30.9 Å². The number of ether oxygens (including phenoxy) is 1. The van der Waals surface area contributed by atoms with Gasteiger partial charge >= 0.3 is 0 Å². The highest BCUT2D eigenvalue weighted by Crippen LogP contribution is 2.19. The topological polar surface area (TPSA) is 102 Å². The first-order valence-corrected chi connectivity index (χ1v) is 8.50. The molecular formula is C19H20N6O3. The molecule has 144 valence electrons. The zero-order valence-electron chi connectivity index (χ0n) is 15.8. The number of methoxy groups -OCH3 is 1. The molecule has 2 amide bonds. The fourth-order valence-corrected chi connectivity index (χ4v) is 2.47. The Morgan fingerprint density at radius 1 is 1.14 bits per heavy atom. The third kappa shape index (κ3) is 4.50. The van der Waals surface area contributed by atoms with E-state index in [-0.39, 0.29) is 18.4 Å². The van der Waals surface area contributed by atoms with E-state index in [0.717, 1.165) is 5.56 Å². The Morgan fingerprint density at radius 2 is 1.89 bits per heavy atom. The molecule has 0 spiro atoms. The minimum absolute atomic E-state index is 0.0879. The fraction of sp³-hybridized carbons (Fsp3) is 0.211. The summed E-state index contributed by atoms with van der Waals surface area (Å²) in [7, 11) is 4.95. The first kappa shape index (κ1) is 19.0. The highest BCUT2D eigenvalue weighted by atomic mass is 16.5. The molecule has 1 N–H and O–H groups in total. The molecule has 1 aromatic heterocycles. The van der Waals surface area contributed by atoms with Crippen LogP contribution in [0.4, 0.5) is 5.69 Å². The summed E-state index contributed by atoms with van der Waals surface area (Å²) in [6.07, 6.45) is 0. The highest BCUT2D eigenvalue weighted by molar-refractivity contribution is 5.95. The third-order valence-electron chi connectivity index (χ3n) is 3.89. The predicted octanol–water partition coefficient (Wildman–Crippen LogP) is 1.69. The van der Waals surface area contributed by atoms with E-state index < -0.39 is 0 Å². The van der Waals surface area contributed by atoms with Gasteiger partial charge < -0.3 is 15.0 Å². The molecule has 1 heterocycles. The summed E-state index contributed by atoms with van der Waals surface area (Å²) in [5.41, 5.74) is 1.87. The number of nitrogens with zero attached hydrogens (tertiary/aromatic N) is 5. The van der Waals surface area contributed by atoms with E-state index in [1.165, 1.54) is 9.70 Å². The van der Waals surface area contributed by atoms with Gasteiger partial charge in [0.15, 0.2) is 0 Å². The van der Waals surface area contributed by atoms with Crippen molar-refractivity contribution in [1.82, 2.24) is 25.1 Å². The van der Waals surface area contributed by atoms with Crippen LogP contribution in [0.5, 0.6) is 5.75 Å². The van der Waals surface area contributed by atoms with E-state index in [1.807, 2.05) is 18.2 Å². The zero-order valence-corrected chi connectivity index (χ0v) is 15.8. The van der Waals surface area contributed by atoms with Gasteiger partial charge in [-0.2, -0.15) is 4.80 Å². The number of hydrogen-bond donors (Lipinski definition) is 1. The van der Waals surface area contributed by atoms with Gasteiger partial charge in [-0.05, 0) is 41.6 Å². The van der Waals surface area contributed by atoms with Crippen molar-refractivity contribution in [2.45, 2.75) is 6.54 Å². The van der Waals surface area contributed by atoms with E-state index >= 15 is 0 Å². The number of rotatable bonds is 6. The molecule has 0 radical (unpaired) electrons. The summed E-state index contributed by atoms with van der Waals surface area (Å²) in [6, 6.07) is 13.9. The second kappa shape index (κ2) is 8.30. The Morgan fingerprint density at radius 3 is 2.57 bits per heavy atom. The number of carbonyl (C=O) groups excluding carboxylic acids is 2. The van der Waals surface area contributed by atoms with Crippen LogP contribution in [0.25, 0.3) is 11.4 Å². The average Bonchev–Trinajstić information content (AvgIpc) is 3.16. The third-order valence-corrected chi connectivity index (χ3v) is 3.89. The molecule has 0 aliphatic heterocycles. The van der Waals surface area contributed by atoms with E-state index in [0.29, 0.717) is 22.8 Å². The lowest BCUT2D eigenvalue weighted by Gasteiger charge is -2.10. The number of hydrogen-bond acceptors (Lipinski definition) is 6. The van der Waals surface area contributed by atoms with Gasteiger partial charge in [-0.25, -0.2) is 0 Å². The summed E-state index contributed by atoms with van der Waals surface area (Å²) in [5.74, 6) is 0.678. The molecule has 3 aromatic rings. The van der Waals surface area contributed by atoms with Crippen LogP contribution in [0.3, 0.4) is 0 Å². The zero-order chi connectivity index (χ0) is 20.1. The predicted molar refractivity (Wildman–Crippen MR) is 103 cm³/mol.